The van der Waals surface area contributed by atoms with Gasteiger partial charge in [0.1, 0.15) is 12.4 Å². The van der Waals surface area contributed by atoms with E-state index in [0.29, 0.717) is 36.7 Å². The molecule has 2 aliphatic rings. The first-order valence-corrected chi connectivity index (χ1v) is 6.64. The van der Waals surface area contributed by atoms with Gasteiger partial charge in [0.05, 0.1) is 18.2 Å². The monoisotopic (exact) mass is 263 g/mol. The molecular formula is C14H17NO4. The van der Waals surface area contributed by atoms with Crippen molar-refractivity contribution in [2.24, 2.45) is 0 Å². The van der Waals surface area contributed by atoms with Crippen LogP contribution in [0.1, 0.15) is 36.9 Å². The van der Waals surface area contributed by atoms with E-state index in [4.69, 9.17) is 9.47 Å². The lowest BCUT2D eigenvalue weighted by Crippen LogP contribution is -2.28. The summed E-state index contributed by atoms with van der Waals surface area (Å²) in [5, 5.41) is 13.2. The van der Waals surface area contributed by atoms with Crippen LogP contribution in [0.15, 0.2) is 6.07 Å². The molecule has 1 atom stereocenters. The first kappa shape index (κ1) is 12.1. The van der Waals surface area contributed by atoms with Crippen molar-refractivity contribution in [3.8, 4) is 17.2 Å². The average Bonchev–Trinajstić information content (AvgIpc) is 2.82. The zero-order valence-electron chi connectivity index (χ0n) is 10.9. The minimum Gasteiger partial charge on any atom is -0.504 e. The van der Waals surface area contributed by atoms with Crippen LogP contribution in [0.3, 0.4) is 0 Å². The molecule has 1 amide bonds. The van der Waals surface area contributed by atoms with Crippen LogP contribution in [0.4, 0.5) is 0 Å². The summed E-state index contributed by atoms with van der Waals surface area (Å²) in [7, 11) is 0. The Morgan fingerprint density at radius 2 is 2.37 bits per heavy atom. The molecular weight excluding hydrogens is 246 g/mol. The molecule has 0 aliphatic carbocycles. The molecule has 1 aromatic carbocycles. The number of nitrogens with one attached hydrogen (secondary N) is 1. The van der Waals surface area contributed by atoms with Gasteiger partial charge in [0, 0.05) is 12.0 Å². The van der Waals surface area contributed by atoms with Crippen molar-refractivity contribution in [1.29, 1.82) is 0 Å². The summed E-state index contributed by atoms with van der Waals surface area (Å²) in [5.74, 6) is 1.26. The molecule has 0 spiro atoms. The maximum Gasteiger partial charge on any atom is 0.220 e. The van der Waals surface area contributed by atoms with E-state index in [1.165, 1.54) is 0 Å². The fourth-order valence-electron chi connectivity index (χ4n) is 2.60. The summed E-state index contributed by atoms with van der Waals surface area (Å²) in [6.45, 7) is 2.77. The minimum absolute atomic E-state index is 0.0560. The number of carbonyl (C=O) groups is 1. The lowest BCUT2D eigenvalue weighted by Gasteiger charge is -2.21. The molecule has 0 bridgehead atoms. The maximum atomic E-state index is 11.5. The second kappa shape index (κ2) is 4.64. The van der Waals surface area contributed by atoms with Gasteiger partial charge in [-0.3, -0.25) is 4.79 Å². The number of hydrogen-bond donors (Lipinski definition) is 2. The van der Waals surface area contributed by atoms with Crippen molar-refractivity contribution in [2.75, 3.05) is 13.2 Å². The fraction of sp³-hybridized carbons (Fsp3) is 0.500. The largest absolute Gasteiger partial charge is 0.504 e. The third-order valence-electron chi connectivity index (χ3n) is 3.58. The number of ether oxygens (including phenoxy) is 2. The zero-order valence-corrected chi connectivity index (χ0v) is 10.9. The number of hydrogen-bond acceptors (Lipinski definition) is 4. The van der Waals surface area contributed by atoms with Crippen LogP contribution >= 0.6 is 0 Å². The van der Waals surface area contributed by atoms with E-state index < -0.39 is 0 Å². The number of aromatic hydroxyl groups is 1. The molecule has 0 saturated carbocycles. The van der Waals surface area contributed by atoms with Crippen molar-refractivity contribution < 1.29 is 19.4 Å². The highest BCUT2D eigenvalue weighted by molar-refractivity contribution is 5.77. The molecule has 102 valence electrons. The van der Waals surface area contributed by atoms with Crippen LogP contribution < -0.4 is 14.8 Å². The van der Waals surface area contributed by atoms with Gasteiger partial charge in [-0.25, -0.2) is 0 Å². The second-order valence-electron chi connectivity index (χ2n) is 4.86. The van der Waals surface area contributed by atoms with Gasteiger partial charge in [0.2, 0.25) is 5.91 Å². The molecule has 0 aromatic heterocycles. The average molecular weight is 263 g/mol. The number of rotatable bonds is 2. The first-order chi connectivity index (χ1) is 9.20. The van der Waals surface area contributed by atoms with Crippen molar-refractivity contribution >= 4 is 5.91 Å². The van der Waals surface area contributed by atoms with Crippen LogP contribution in [0.25, 0.3) is 0 Å². The molecule has 5 heteroatoms. The van der Waals surface area contributed by atoms with Gasteiger partial charge < -0.3 is 19.9 Å². The number of carbonyl (C=O) groups excluding carboxylic acids is 1. The van der Waals surface area contributed by atoms with Gasteiger partial charge in [-0.05, 0) is 18.9 Å². The molecule has 3 rings (SSSR count). The lowest BCUT2D eigenvalue weighted by molar-refractivity contribution is -0.121. The third-order valence-corrected chi connectivity index (χ3v) is 3.58. The summed E-state index contributed by atoms with van der Waals surface area (Å²) in [4.78, 5) is 11.5. The Morgan fingerprint density at radius 3 is 3.16 bits per heavy atom. The van der Waals surface area contributed by atoms with E-state index in [-0.39, 0.29) is 17.7 Å². The molecule has 0 radical (unpaired) electrons. The van der Waals surface area contributed by atoms with Gasteiger partial charge in [-0.1, -0.05) is 6.92 Å². The topological polar surface area (TPSA) is 67.8 Å². The van der Waals surface area contributed by atoms with Crippen molar-refractivity contribution in [3.63, 3.8) is 0 Å². The van der Waals surface area contributed by atoms with Crippen LogP contribution in [0.5, 0.6) is 17.2 Å². The zero-order chi connectivity index (χ0) is 13.4. The highest BCUT2D eigenvalue weighted by atomic mass is 16.5. The Hall–Kier alpha value is -1.91. The Kier molecular flexibility index (Phi) is 2.97. The van der Waals surface area contributed by atoms with E-state index in [0.717, 1.165) is 18.4 Å². The van der Waals surface area contributed by atoms with Gasteiger partial charge >= 0.3 is 0 Å². The molecule has 19 heavy (non-hydrogen) atoms. The SMILES string of the molecule is CCC(=O)NC1COc2cc3c(c(O)c21)OCCC3. The Balaban J connectivity index is 1.98. The highest BCUT2D eigenvalue weighted by Crippen LogP contribution is 2.47. The number of benzene rings is 1. The van der Waals surface area contributed by atoms with Gasteiger partial charge in [0.15, 0.2) is 11.5 Å². The Labute approximate surface area is 111 Å². The maximum absolute atomic E-state index is 11.5. The number of aryl methyl sites for hydroxylation is 1. The molecule has 0 saturated heterocycles. The van der Waals surface area contributed by atoms with Crippen LogP contribution in [-0.2, 0) is 11.2 Å². The number of phenols is 1. The third kappa shape index (κ3) is 1.99. The van der Waals surface area contributed by atoms with E-state index in [1.54, 1.807) is 6.92 Å². The summed E-state index contributed by atoms with van der Waals surface area (Å²) in [6.07, 6.45) is 2.24. The molecule has 2 N–H and O–H groups in total. The van der Waals surface area contributed by atoms with Gasteiger partial charge in [0.25, 0.3) is 0 Å². The van der Waals surface area contributed by atoms with Crippen molar-refractivity contribution in [2.45, 2.75) is 32.2 Å². The molecule has 1 unspecified atom stereocenters. The standard InChI is InChI=1S/C14H17NO4/c1-2-11(16)15-9-7-19-10-6-8-4-3-5-18-14(8)13(17)12(9)10/h6,9,17H,2-5,7H2,1H3,(H,15,16). The van der Waals surface area contributed by atoms with E-state index in [2.05, 4.69) is 5.32 Å². The quantitative estimate of drug-likeness (QED) is 0.851. The summed E-state index contributed by atoms with van der Waals surface area (Å²) < 4.78 is 11.1. The number of fused-ring (bicyclic) bond motifs is 2. The summed E-state index contributed by atoms with van der Waals surface area (Å²) >= 11 is 0. The molecule has 0 fully saturated rings. The van der Waals surface area contributed by atoms with E-state index in [9.17, 15) is 9.90 Å². The van der Waals surface area contributed by atoms with Crippen LogP contribution in [-0.4, -0.2) is 24.2 Å². The Bertz CT molecular complexity index is 527. The van der Waals surface area contributed by atoms with Crippen LogP contribution in [0, 0.1) is 0 Å². The number of amides is 1. The van der Waals surface area contributed by atoms with Gasteiger partial charge in [-0.15, -0.1) is 0 Å². The normalized spacial score (nSPS) is 19.9. The lowest BCUT2D eigenvalue weighted by atomic mass is 9.99. The van der Waals surface area contributed by atoms with Crippen LogP contribution in [0.2, 0.25) is 0 Å². The minimum atomic E-state index is -0.293. The first-order valence-electron chi connectivity index (χ1n) is 6.64. The molecule has 1 aromatic rings. The summed E-state index contributed by atoms with van der Waals surface area (Å²) in [6, 6.07) is 1.63. The smallest absolute Gasteiger partial charge is 0.220 e. The van der Waals surface area contributed by atoms with Crippen molar-refractivity contribution in [3.05, 3.63) is 17.2 Å². The predicted molar refractivity (Wildman–Crippen MR) is 68.6 cm³/mol. The van der Waals surface area contributed by atoms with Crippen molar-refractivity contribution in [1.82, 2.24) is 5.32 Å². The second-order valence-corrected chi connectivity index (χ2v) is 4.86. The molecule has 2 aliphatic heterocycles. The number of phenolic OH excluding ortho intramolecular Hbond substituents is 1. The summed E-state index contributed by atoms with van der Waals surface area (Å²) in [5.41, 5.74) is 1.62. The van der Waals surface area contributed by atoms with E-state index >= 15 is 0 Å². The molecule has 5 nitrogen and oxygen atoms in total. The predicted octanol–water partition coefficient (Wildman–Crippen LogP) is 1.68. The highest BCUT2D eigenvalue weighted by Gasteiger charge is 2.32. The fourth-order valence-corrected chi connectivity index (χ4v) is 2.60. The van der Waals surface area contributed by atoms with E-state index in [1.807, 2.05) is 6.07 Å². The van der Waals surface area contributed by atoms with Gasteiger partial charge in [-0.2, -0.15) is 0 Å². The molecule has 2 heterocycles. The Morgan fingerprint density at radius 1 is 1.53 bits per heavy atom.